The Morgan fingerprint density at radius 3 is 2.93 bits per heavy atom. The maximum atomic E-state index is 12.1. The van der Waals surface area contributed by atoms with Crippen molar-refractivity contribution in [3.8, 4) is 5.75 Å². The molecule has 0 bridgehead atoms. The summed E-state index contributed by atoms with van der Waals surface area (Å²) in [6, 6.07) is 7.27. The van der Waals surface area contributed by atoms with Gasteiger partial charge in [0.2, 0.25) is 0 Å². The lowest BCUT2D eigenvalue weighted by atomic mass is 10.2. The summed E-state index contributed by atoms with van der Waals surface area (Å²) in [4.78, 5) is 18.0. The monoisotopic (exact) mass is 412 g/mol. The van der Waals surface area contributed by atoms with Gasteiger partial charge in [0.25, 0.3) is 5.91 Å². The number of carbonyl (C=O) groups excluding carboxylic acids is 1. The highest BCUT2D eigenvalue weighted by atomic mass is 32.2. The summed E-state index contributed by atoms with van der Waals surface area (Å²) < 4.78 is 34.8. The first-order valence-corrected chi connectivity index (χ1v) is 11.6. The minimum Gasteiger partial charge on any atom is -0.494 e. The number of benzene rings is 1. The molecule has 0 aliphatic carbocycles. The van der Waals surface area contributed by atoms with Gasteiger partial charge in [0, 0.05) is 24.1 Å². The number of ether oxygens (including phenoxy) is 2. The van der Waals surface area contributed by atoms with E-state index in [1.165, 1.54) is 18.9 Å². The van der Waals surface area contributed by atoms with Gasteiger partial charge in [0.15, 0.2) is 15.0 Å². The molecule has 2 aliphatic rings. The van der Waals surface area contributed by atoms with Crippen molar-refractivity contribution < 1.29 is 22.7 Å². The number of anilines is 1. The summed E-state index contributed by atoms with van der Waals surface area (Å²) in [5.41, 5.74) is 0.782. The van der Waals surface area contributed by atoms with Crippen LogP contribution < -0.4 is 9.64 Å². The normalized spacial score (nSPS) is 25.0. The second kappa shape index (κ2) is 8.62. The van der Waals surface area contributed by atoms with Crippen LogP contribution in [0.4, 0.5) is 5.69 Å². The van der Waals surface area contributed by atoms with E-state index in [0.717, 1.165) is 24.3 Å². The molecule has 27 heavy (non-hydrogen) atoms. The second-order valence-corrected chi connectivity index (χ2v) is 9.95. The molecule has 1 amide bonds. The number of hydrogen-bond acceptors (Lipinski definition) is 6. The minimum atomic E-state index is -3.09. The van der Waals surface area contributed by atoms with Crippen LogP contribution >= 0.6 is 11.8 Å². The number of unbranched alkanes of at least 4 members (excludes halogenated alkanes) is 1. The Labute approximate surface area is 164 Å². The number of sulfone groups is 1. The maximum absolute atomic E-state index is 12.1. The number of thioether (sulfide) groups is 1. The summed E-state index contributed by atoms with van der Waals surface area (Å²) >= 11 is 1.35. The van der Waals surface area contributed by atoms with Crippen molar-refractivity contribution in [3.63, 3.8) is 0 Å². The molecular weight excluding hydrogens is 388 g/mol. The largest absolute Gasteiger partial charge is 0.494 e. The highest BCUT2D eigenvalue weighted by molar-refractivity contribution is 8.16. The van der Waals surface area contributed by atoms with Crippen molar-refractivity contribution in [1.82, 2.24) is 0 Å². The summed E-state index contributed by atoms with van der Waals surface area (Å²) in [6.07, 6.45) is 2.01. The third-order valence-electron chi connectivity index (χ3n) is 4.42. The molecule has 1 aromatic carbocycles. The fraction of sp³-hybridized carbons (Fsp3) is 0.556. The molecule has 1 aromatic rings. The lowest BCUT2D eigenvalue weighted by Crippen LogP contribution is -2.37. The highest BCUT2D eigenvalue weighted by Crippen LogP contribution is 2.41. The van der Waals surface area contributed by atoms with Gasteiger partial charge in [0.1, 0.15) is 12.4 Å². The van der Waals surface area contributed by atoms with Crippen molar-refractivity contribution in [2.75, 3.05) is 36.7 Å². The number of carbonyl (C=O) groups is 1. The van der Waals surface area contributed by atoms with Crippen LogP contribution in [-0.2, 0) is 19.4 Å². The van der Waals surface area contributed by atoms with Gasteiger partial charge in [-0.25, -0.2) is 8.42 Å². The van der Waals surface area contributed by atoms with Gasteiger partial charge in [-0.3, -0.25) is 4.79 Å². The summed E-state index contributed by atoms with van der Waals surface area (Å²) in [5, 5.41) is 0.390. The fourth-order valence-electron chi connectivity index (χ4n) is 3.19. The predicted molar refractivity (Wildman–Crippen MR) is 107 cm³/mol. The van der Waals surface area contributed by atoms with E-state index in [0.29, 0.717) is 11.8 Å². The zero-order valence-electron chi connectivity index (χ0n) is 15.5. The first-order valence-electron chi connectivity index (χ1n) is 8.93. The molecule has 2 heterocycles. The zero-order valence-corrected chi connectivity index (χ0v) is 17.1. The Bertz CT molecular complexity index is 825. The quantitative estimate of drug-likeness (QED) is 0.634. The third kappa shape index (κ3) is 4.83. The van der Waals surface area contributed by atoms with Gasteiger partial charge in [-0.05, 0) is 18.6 Å². The molecule has 0 spiro atoms. The molecule has 3 rings (SSSR count). The third-order valence-corrected chi connectivity index (χ3v) is 7.63. The molecule has 0 unspecified atom stereocenters. The van der Waals surface area contributed by atoms with Gasteiger partial charge in [-0.1, -0.05) is 31.2 Å². The zero-order chi connectivity index (χ0) is 19.4. The first kappa shape index (κ1) is 20.2. The van der Waals surface area contributed by atoms with Gasteiger partial charge in [-0.15, -0.1) is 0 Å². The number of rotatable bonds is 7. The Kier molecular flexibility index (Phi) is 6.44. The average molecular weight is 413 g/mol. The molecule has 2 aliphatic heterocycles. The number of amides is 1. The van der Waals surface area contributed by atoms with Gasteiger partial charge >= 0.3 is 0 Å². The predicted octanol–water partition coefficient (Wildman–Crippen LogP) is 2.11. The van der Waals surface area contributed by atoms with E-state index in [2.05, 4.69) is 11.9 Å². The van der Waals surface area contributed by atoms with Crippen LogP contribution in [0.5, 0.6) is 5.75 Å². The van der Waals surface area contributed by atoms with E-state index in [1.54, 1.807) is 0 Å². The maximum Gasteiger partial charge on any atom is 0.274 e. The van der Waals surface area contributed by atoms with Crippen LogP contribution in [0.15, 0.2) is 29.3 Å². The van der Waals surface area contributed by atoms with E-state index >= 15 is 0 Å². The molecule has 0 radical (unpaired) electrons. The van der Waals surface area contributed by atoms with E-state index in [4.69, 9.17) is 9.47 Å². The smallest absolute Gasteiger partial charge is 0.274 e. The molecule has 0 aromatic heterocycles. The molecule has 148 valence electrons. The van der Waals surface area contributed by atoms with Crippen molar-refractivity contribution >= 4 is 38.4 Å². The van der Waals surface area contributed by atoms with E-state index in [1.807, 2.05) is 29.2 Å². The molecule has 2 saturated heterocycles. The van der Waals surface area contributed by atoms with Crippen LogP contribution in [-0.4, -0.2) is 62.6 Å². The number of aliphatic imine (C=N–C) groups is 1. The highest BCUT2D eigenvalue weighted by Gasteiger charge is 2.49. The van der Waals surface area contributed by atoms with Crippen LogP contribution in [0.3, 0.4) is 0 Å². The molecule has 2 fully saturated rings. The second-order valence-electron chi connectivity index (χ2n) is 6.59. The van der Waals surface area contributed by atoms with E-state index < -0.39 is 9.84 Å². The fourth-order valence-corrected chi connectivity index (χ4v) is 7.12. The molecule has 7 nitrogen and oxygen atoms in total. The number of amidine groups is 1. The van der Waals surface area contributed by atoms with Crippen LogP contribution in [0, 0.1) is 0 Å². The summed E-state index contributed by atoms with van der Waals surface area (Å²) in [6.45, 7) is 2.62. The van der Waals surface area contributed by atoms with Crippen molar-refractivity contribution in [1.29, 1.82) is 0 Å². The van der Waals surface area contributed by atoms with E-state index in [9.17, 15) is 13.2 Å². The Morgan fingerprint density at radius 2 is 2.19 bits per heavy atom. The van der Waals surface area contributed by atoms with Gasteiger partial charge < -0.3 is 14.4 Å². The SMILES string of the molecule is CCCCOc1cccc(N2C(=NC(=O)COC)S[C@H]3CS(=O)(=O)C[C@@H]32)c1. The summed E-state index contributed by atoms with van der Waals surface area (Å²) in [7, 11) is -1.65. The Hall–Kier alpha value is -1.58. The number of fused-ring (bicyclic) bond motifs is 1. The van der Waals surface area contributed by atoms with Gasteiger partial charge in [0.05, 0.1) is 24.2 Å². The van der Waals surface area contributed by atoms with Gasteiger partial charge in [-0.2, -0.15) is 4.99 Å². The standard InChI is InChI=1S/C18H24N2O5S2/c1-3-4-8-25-14-7-5-6-13(9-14)20-15-11-27(22,23)12-16(15)26-18(20)19-17(21)10-24-2/h5-7,9,15-16H,3-4,8,10-12H2,1-2H3/t15-,16-/m0/s1. The van der Waals surface area contributed by atoms with Crippen LogP contribution in [0.2, 0.25) is 0 Å². The van der Waals surface area contributed by atoms with Crippen molar-refractivity contribution in [3.05, 3.63) is 24.3 Å². The molecule has 0 N–H and O–H groups in total. The number of methoxy groups -OCH3 is 1. The lowest BCUT2D eigenvalue weighted by Gasteiger charge is -2.25. The Morgan fingerprint density at radius 1 is 1.37 bits per heavy atom. The van der Waals surface area contributed by atoms with Crippen LogP contribution in [0.1, 0.15) is 19.8 Å². The number of hydrogen-bond donors (Lipinski definition) is 0. The van der Waals surface area contributed by atoms with Crippen molar-refractivity contribution in [2.24, 2.45) is 4.99 Å². The number of nitrogens with zero attached hydrogens (tertiary/aromatic N) is 2. The van der Waals surface area contributed by atoms with Crippen molar-refractivity contribution in [2.45, 2.75) is 31.1 Å². The topological polar surface area (TPSA) is 85.3 Å². The molecule has 0 saturated carbocycles. The minimum absolute atomic E-state index is 0.0586. The first-order chi connectivity index (χ1) is 12.9. The van der Waals surface area contributed by atoms with E-state index in [-0.39, 0.29) is 35.3 Å². The Balaban J connectivity index is 1.90. The molecule has 2 atom stereocenters. The lowest BCUT2D eigenvalue weighted by molar-refractivity contribution is -0.121. The average Bonchev–Trinajstić information content (AvgIpc) is 3.06. The summed E-state index contributed by atoms with van der Waals surface area (Å²) in [5.74, 6) is 0.493. The van der Waals surface area contributed by atoms with Crippen LogP contribution in [0.25, 0.3) is 0 Å². The molecular formula is C18H24N2O5S2. The molecule has 9 heteroatoms.